The highest BCUT2D eigenvalue weighted by Crippen LogP contribution is 2.20. The summed E-state index contributed by atoms with van der Waals surface area (Å²) in [6, 6.07) is 0. The van der Waals surface area contributed by atoms with Crippen molar-refractivity contribution in [2.45, 2.75) is 39.5 Å². The molecular formula is C11H20Br2O. The summed E-state index contributed by atoms with van der Waals surface area (Å²) in [5.41, 5.74) is 0. The first-order chi connectivity index (χ1) is 6.71. The highest BCUT2D eigenvalue weighted by molar-refractivity contribution is 9.09. The molecule has 0 aromatic carbocycles. The van der Waals surface area contributed by atoms with Crippen molar-refractivity contribution < 1.29 is 4.79 Å². The zero-order valence-electron chi connectivity index (χ0n) is 9.06. The molecule has 0 aliphatic rings. The van der Waals surface area contributed by atoms with Crippen LogP contribution >= 0.6 is 31.9 Å². The van der Waals surface area contributed by atoms with Crippen LogP contribution in [-0.2, 0) is 4.79 Å². The summed E-state index contributed by atoms with van der Waals surface area (Å²) in [4.78, 5) is 12.0. The second-order valence-electron chi connectivity index (χ2n) is 3.68. The molecule has 0 saturated heterocycles. The number of ketones is 1. The zero-order valence-corrected chi connectivity index (χ0v) is 12.2. The van der Waals surface area contributed by atoms with E-state index in [1.807, 2.05) is 0 Å². The Morgan fingerprint density at radius 1 is 1.00 bits per heavy atom. The average molecular weight is 328 g/mol. The Hall–Kier alpha value is 0.630. The third kappa shape index (κ3) is 4.92. The third-order valence-corrected chi connectivity index (χ3v) is 4.01. The number of rotatable bonds is 8. The highest BCUT2D eigenvalue weighted by atomic mass is 79.9. The molecular weight excluding hydrogens is 308 g/mol. The maximum atomic E-state index is 12.0. The quantitative estimate of drug-likeness (QED) is 0.611. The fourth-order valence-corrected chi connectivity index (χ4v) is 2.91. The molecule has 84 valence electrons. The summed E-state index contributed by atoms with van der Waals surface area (Å²) < 4.78 is 0. The first-order valence-electron chi connectivity index (χ1n) is 5.36. The number of halogens is 2. The Balaban J connectivity index is 4.21. The Kier molecular flexibility index (Phi) is 9.30. The molecule has 0 N–H and O–H groups in total. The zero-order chi connectivity index (χ0) is 11.0. The predicted octanol–water partition coefficient (Wildman–Crippen LogP) is 4.18. The van der Waals surface area contributed by atoms with Gasteiger partial charge in [0.15, 0.2) is 0 Å². The largest absolute Gasteiger partial charge is 0.299 e. The van der Waals surface area contributed by atoms with Gasteiger partial charge in [0.05, 0.1) is 0 Å². The molecule has 2 atom stereocenters. The normalized spacial score (nSPS) is 15.1. The van der Waals surface area contributed by atoms with Crippen LogP contribution in [0.3, 0.4) is 0 Å². The minimum Gasteiger partial charge on any atom is -0.299 e. The molecule has 0 saturated carbocycles. The monoisotopic (exact) mass is 326 g/mol. The molecule has 0 aliphatic heterocycles. The van der Waals surface area contributed by atoms with E-state index in [1.54, 1.807) is 0 Å². The van der Waals surface area contributed by atoms with Crippen molar-refractivity contribution >= 4 is 37.6 Å². The third-order valence-electron chi connectivity index (χ3n) is 2.45. The smallest absolute Gasteiger partial charge is 0.140 e. The molecule has 0 amide bonds. The number of carbonyl (C=O) groups excluding carboxylic acids is 1. The van der Waals surface area contributed by atoms with Crippen LogP contribution in [0.2, 0.25) is 0 Å². The van der Waals surface area contributed by atoms with Gasteiger partial charge in [-0.15, -0.1) is 0 Å². The summed E-state index contributed by atoms with van der Waals surface area (Å²) in [6.45, 7) is 4.26. The molecule has 0 aromatic rings. The van der Waals surface area contributed by atoms with Crippen LogP contribution in [0.1, 0.15) is 39.5 Å². The Morgan fingerprint density at radius 2 is 1.36 bits per heavy atom. The molecule has 0 aromatic heterocycles. The van der Waals surface area contributed by atoms with E-state index in [2.05, 4.69) is 45.7 Å². The van der Waals surface area contributed by atoms with E-state index in [1.165, 1.54) is 0 Å². The molecule has 3 heteroatoms. The van der Waals surface area contributed by atoms with Gasteiger partial charge in [0, 0.05) is 22.5 Å². The number of hydrogen-bond acceptors (Lipinski definition) is 1. The summed E-state index contributed by atoms with van der Waals surface area (Å²) in [5.74, 6) is 0.866. The van der Waals surface area contributed by atoms with E-state index >= 15 is 0 Å². The molecule has 1 nitrogen and oxygen atoms in total. The molecule has 0 radical (unpaired) electrons. The lowest BCUT2D eigenvalue weighted by molar-refractivity contribution is -0.125. The van der Waals surface area contributed by atoms with Crippen molar-refractivity contribution in [1.82, 2.24) is 0 Å². The Labute approximate surface area is 104 Å². The van der Waals surface area contributed by atoms with E-state index in [4.69, 9.17) is 0 Å². The molecule has 14 heavy (non-hydrogen) atoms. The standard InChI is InChI=1S/C11H20Br2O/c1-3-5-9(7-12)11(14)10(8-13)6-4-2/h9-10H,3-8H2,1-2H3. The first-order valence-corrected chi connectivity index (χ1v) is 7.61. The van der Waals surface area contributed by atoms with Crippen molar-refractivity contribution in [2.75, 3.05) is 10.7 Å². The molecule has 0 heterocycles. The van der Waals surface area contributed by atoms with Crippen LogP contribution in [0.5, 0.6) is 0 Å². The van der Waals surface area contributed by atoms with Gasteiger partial charge in [0.1, 0.15) is 5.78 Å². The van der Waals surface area contributed by atoms with Gasteiger partial charge in [-0.1, -0.05) is 58.5 Å². The second kappa shape index (κ2) is 8.90. The molecule has 0 aliphatic carbocycles. The second-order valence-corrected chi connectivity index (χ2v) is 4.98. The number of carbonyl (C=O) groups is 1. The van der Waals surface area contributed by atoms with Crippen LogP contribution < -0.4 is 0 Å². The molecule has 0 spiro atoms. The summed E-state index contributed by atoms with van der Waals surface area (Å²) in [6.07, 6.45) is 4.20. The van der Waals surface area contributed by atoms with Gasteiger partial charge in [-0.2, -0.15) is 0 Å². The Bertz CT molecular complexity index is 143. The van der Waals surface area contributed by atoms with E-state index in [0.717, 1.165) is 36.3 Å². The van der Waals surface area contributed by atoms with Crippen LogP contribution in [0.4, 0.5) is 0 Å². The fourth-order valence-electron chi connectivity index (χ4n) is 1.62. The minimum atomic E-state index is 0.217. The molecule has 0 bridgehead atoms. The summed E-state index contributed by atoms with van der Waals surface area (Å²) >= 11 is 6.86. The van der Waals surface area contributed by atoms with Gasteiger partial charge in [-0.25, -0.2) is 0 Å². The summed E-state index contributed by atoms with van der Waals surface area (Å²) in [7, 11) is 0. The minimum absolute atomic E-state index is 0.217. The number of hydrogen-bond donors (Lipinski definition) is 0. The lowest BCUT2D eigenvalue weighted by atomic mass is 9.89. The maximum Gasteiger partial charge on any atom is 0.140 e. The predicted molar refractivity (Wildman–Crippen MR) is 69.4 cm³/mol. The van der Waals surface area contributed by atoms with Crippen LogP contribution in [0.15, 0.2) is 0 Å². The maximum absolute atomic E-state index is 12.0. The lowest BCUT2D eigenvalue weighted by Gasteiger charge is -2.18. The fraction of sp³-hybridized carbons (Fsp3) is 0.909. The van der Waals surface area contributed by atoms with Crippen molar-refractivity contribution in [1.29, 1.82) is 0 Å². The van der Waals surface area contributed by atoms with Crippen molar-refractivity contribution in [3.63, 3.8) is 0 Å². The number of alkyl halides is 2. The van der Waals surface area contributed by atoms with Crippen LogP contribution in [0, 0.1) is 11.8 Å². The van der Waals surface area contributed by atoms with E-state index < -0.39 is 0 Å². The van der Waals surface area contributed by atoms with Gasteiger partial charge < -0.3 is 0 Å². The van der Waals surface area contributed by atoms with Gasteiger partial charge >= 0.3 is 0 Å². The highest BCUT2D eigenvalue weighted by Gasteiger charge is 2.23. The Morgan fingerprint density at radius 3 is 1.57 bits per heavy atom. The van der Waals surface area contributed by atoms with Gasteiger partial charge in [0.2, 0.25) is 0 Å². The first kappa shape index (κ1) is 14.6. The van der Waals surface area contributed by atoms with Gasteiger partial charge in [0.25, 0.3) is 0 Å². The number of Topliss-reactive ketones (excluding diaryl/α,β-unsaturated/α-hetero) is 1. The van der Waals surface area contributed by atoms with E-state index in [9.17, 15) is 4.79 Å². The molecule has 0 fully saturated rings. The van der Waals surface area contributed by atoms with Crippen molar-refractivity contribution in [2.24, 2.45) is 11.8 Å². The molecule has 0 rings (SSSR count). The van der Waals surface area contributed by atoms with Gasteiger partial charge in [-0.3, -0.25) is 4.79 Å². The van der Waals surface area contributed by atoms with Gasteiger partial charge in [-0.05, 0) is 12.8 Å². The van der Waals surface area contributed by atoms with Crippen molar-refractivity contribution in [3.05, 3.63) is 0 Å². The summed E-state index contributed by atoms with van der Waals surface area (Å²) in [5, 5.41) is 1.62. The SMILES string of the molecule is CCCC(CBr)C(=O)C(CBr)CCC. The van der Waals surface area contributed by atoms with Crippen LogP contribution in [0.25, 0.3) is 0 Å². The van der Waals surface area contributed by atoms with E-state index in [0.29, 0.717) is 5.78 Å². The van der Waals surface area contributed by atoms with Crippen molar-refractivity contribution in [3.8, 4) is 0 Å². The molecule has 2 unspecified atom stereocenters. The van der Waals surface area contributed by atoms with Crippen LogP contribution in [-0.4, -0.2) is 16.4 Å². The average Bonchev–Trinajstić information content (AvgIpc) is 2.21. The topological polar surface area (TPSA) is 17.1 Å². The van der Waals surface area contributed by atoms with E-state index in [-0.39, 0.29) is 11.8 Å². The lowest BCUT2D eigenvalue weighted by Crippen LogP contribution is -2.25.